The maximum atomic E-state index is 13.1. The number of amides is 1. The Morgan fingerprint density at radius 2 is 1.96 bits per heavy atom. The van der Waals surface area contributed by atoms with Crippen molar-refractivity contribution in [1.82, 2.24) is 9.78 Å². The number of thiol groups is 1. The molecule has 1 amide bonds. The number of carbonyl (C=O) groups excluding carboxylic acids is 1. The van der Waals surface area contributed by atoms with Crippen molar-refractivity contribution in [2.24, 2.45) is 7.05 Å². The summed E-state index contributed by atoms with van der Waals surface area (Å²) in [5.74, 6) is 1.39. The molecule has 3 aromatic rings. The topological polar surface area (TPSA) is 59.4 Å². The van der Waals surface area contributed by atoms with Crippen molar-refractivity contribution in [1.29, 1.82) is 0 Å². The first-order valence-electron chi connectivity index (χ1n) is 7.77. The molecular formula is C18H16N4O2S. The summed E-state index contributed by atoms with van der Waals surface area (Å²) in [6, 6.07) is 14.7. The van der Waals surface area contributed by atoms with Crippen LogP contribution in [0.4, 0.5) is 17.2 Å². The SMILES string of the molecule is Cn1ncc2c1Nc1ccccc1N(C(=O)c1ccc(OS)cc1)C2. The third-order valence-corrected chi connectivity index (χ3v) is 4.45. The second-order valence-electron chi connectivity index (χ2n) is 5.79. The number of benzene rings is 2. The molecule has 0 spiro atoms. The smallest absolute Gasteiger partial charge is 0.258 e. The van der Waals surface area contributed by atoms with Crippen LogP contribution in [0.3, 0.4) is 0 Å². The number of aromatic nitrogens is 2. The van der Waals surface area contributed by atoms with Crippen molar-refractivity contribution in [3.05, 3.63) is 65.9 Å². The minimum absolute atomic E-state index is 0.0864. The van der Waals surface area contributed by atoms with Crippen LogP contribution in [0.2, 0.25) is 0 Å². The van der Waals surface area contributed by atoms with E-state index < -0.39 is 0 Å². The quantitative estimate of drug-likeness (QED) is 0.547. The van der Waals surface area contributed by atoms with E-state index >= 15 is 0 Å². The van der Waals surface area contributed by atoms with Crippen molar-refractivity contribution in [2.45, 2.75) is 6.54 Å². The molecule has 6 nitrogen and oxygen atoms in total. The summed E-state index contributed by atoms with van der Waals surface area (Å²) >= 11 is 3.77. The molecule has 2 aromatic carbocycles. The lowest BCUT2D eigenvalue weighted by atomic mass is 10.1. The van der Waals surface area contributed by atoms with Gasteiger partial charge < -0.3 is 14.4 Å². The Bertz CT molecular complexity index is 937. The number of hydrogen-bond donors (Lipinski definition) is 2. The maximum Gasteiger partial charge on any atom is 0.258 e. The minimum atomic E-state index is -0.0864. The molecular weight excluding hydrogens is 336 g/mol. The molecule has 1 N–H and O–H groups in total. The van der Waals surface area contributed by atoms with Gasteiger partial charge in [0.2, 0.25) is 0 Å². The molecule has 0 saturated heterocycles. The Morgan fingerprint density at radius 1 is 1.20 bits per heavy atom. The zero-order valence-electron chi connectivity index (χ0n) is 13.5. The number of aryl methyl sites for hydroxylation is 1. The number of hydrogen-bond acceptors (Lipinski definition) is 5. The monoisotopic (exact) mass is 352 g/mol. The number of nitrogens with one attached hydrogen (secondary N) is 1. The van der Waals surface area contributed by atoms with Crippen LogP contribution >= 0.6 is 12.9 Å². The highest BCUT2D eigenvalue weighted by molar-refractivity contribution is 7.75. The fourth-order valence-corrected chi connectivity index (χ4v) is 3.07. The molecule has 1 aliphatic rings. The van der Waals surface area contributed by atoms with Crippen LogP contribution < -0.4 is 14.4 Å². The number of fused-ring (bicyclic) bond motifs is 2. The van der Waals surface area contributed by atoms with Gasteiger partial charge in [-0.05, 0) is 36.4 Å². The molecule has 4 rings (SSSR count). The third kappa shape index (κ3) is 2.72. The zero-order valence-corrected chi connectivity index (χ0v) is 14.4. The van der Waals surface area contributed by atoms with E-state index in [2.05, 4.69) is 23.3 Å². The van der Waals surface area contributed by atoms with Crippen molar-refractivity contribution in [3.8, 4) is 5.75 Å². The predicted molar refractivity (Wildman–Crippen MR) is 99.5 cm³/mol. The Balaban J connectivity index is 1.78. The lowest BCUT2D eigenvalue weighted by Crippen LogP contribution is -2.29. The molecule has 7 heteroatoms. The summed E-state index contributed by atoms with van der Waals surface area (Å²) in [5, 5.41) is 7.68. The van der Waals surface area contributed by atoms with Crippen LogP contribution in [0.5, 0.6) is 5.75 Å². The highest BCUT2D eigenvalue weighted by atomic mass is 32.1. The summed E-state index contributed by atoms with van der Waals surface area (Å²) in [6.07, 6.45) is 1.78. The third-order valence-electron chi connectivity index (χ3n) is 4.24. The summed E-state index contributed by atoms with van der Waals surface area (Å²) in [4.78, 5) is 14.9. The van der Waals surface area contributed by atoms with Crippen LogP contribution in [0.1, 0.15) is 15.9 Å². The van der Waals surface area contributed by atoms with Gasteiger partial charge in [0.1, 0.15) is 11.6 Å². The van der Waals surface area contributed by atoms with Crippen LogP contribution in [0.25, 0.3) is 0 Å². The normalized spacial score (nSPS) is 12.6. The van der Waals surface area contributed by atoms with E-state index in [-0.39, 0.29) is 5.91 Å². The molecule has 0 radical (unpaired) electrons. The Labute approximate surface area is 150 Å². The average Bonchev–Trinajstić information content (AvgIpc) is 2.90. The fraction of sp³-hybridized carbons (Fsp3) is 0.111. The molecule has 0 bridgehead atoms. The zero-order chi connectivity index (χ0) is 17.4. The summed E-state index contributed by atoms with van der Waals surface area (Å²) in [7, 11) is 1.88. The van der Waals surface area contributed by atoms with E-state index in [4.69, 9.17) is 4.18 Å². The van der Waals surface area contributed by atoms with Gasteiger partial charge in [0, 0.05) is 31.1 Å². The van der Waals surface area contributed by atoms with Crippen LogP contribution in [-0.4, -0.2) is 15.7 Å². The lowest BCUT2D eigenvalue weighted by Gasteiger charge is -2.22. The Kier molecular flexibility index (Phi) is 3.85. The first kappa shape index (κ1) is 15.6. The van der Waals surface area contributed by atoms with Crippen molar-refractivity contribution in [3.63, 3.8) is 0 Å². The maximum absolute atomic E-state index is 13.1. The van der Waals surface area contributed by atoms with Gasteiger partial charge in [-0.15, -0.1) is 0 Å². The van der Waals surface area contributed by atoms with Crippen LogP contribution in [0, 0.1) is 0 Å². The van der Waals surface area contributed by atoms with Gasteiger partial charge in [0.15, 0.2) is 0 Å². The van der Waals surface area contributed by atoms with Crippen molar-refractivity contribution >= 4 is 36.0 Å². The van der Waals surface area contributed by atoms with Gasteiger partial charge in [-0.1, -0.05) is 12.1 Å². The minimum Gasteiger partial charge on any atom is -0.429 e. The molecule has 0 saturated carbocycles. The van der Waals surface area contributed by atoms with E-state index in [1.54, 1.807) is 40.0 Å². The standard InChI is InChI=1S/C18H16N4O2S/c1-21-17-13(10-19-21)11-22(16-5-3-2-4-15(16)20-17)18(23)12-6-8-14(24-25)9-7-12/h2-10,20,25H,11H2,1H3. The van der Waals surface area contributed by atoms with Gasteiger partial charge in [-0.3, -0.25) is 9.48 Å². The van der Waals surface area contributed by atoms with Gasteiger partial charge in [0.05, 0.1) is 24.1 Å². The second-order valence-corrected chi connectivity index (χ2v) is 5.97. The first-order valence-corrected chi connectivity index (χ1v) is 8.14. The van der Waals surface area contributed by atoms with E-state index in [1.807, 2.05) is 31.3 Å². The predicted octanol–water partition coefficient (Wildman–Crippen LogP) is 3.55. The Hall–Kier alpha value is -2.93. The fourth-order valence-electron chi connectivity index (χ4n) is 2.95. The summed E-state index contributed by atoms with van der Waals surface area (Å²) < 4.78 is 6.65. The number of para-hydroxylation sites is 2. The molecule has 1 aromatic heterocycles. The molecule has 0 fully saturated rings. The van der Waals surface area contributed by atoms with Gasteiger partial charge >= 0.3 is 0 Å². The molecule has 0 unspecified atom stereocenters. The molecule has 0 atom stereocenters. The van der Waals surface area contributed by atoms with Gasteiger partial charge in [-0.2, -0.15) is 5.10 Å². The van der Waals surface area contributed by atoms with Crippen molar-refractivity contribution < 1.29 is 8.98 Å². The lowest BCUT2D eigenvalue weighted by molar-refractivity contribution is 0.0985. The van der Waals surface area contributed by atoms with E-state index in [1.165, 1.54) is 0 Å². The van der Waals surface area contributed by atoms with Crippen LogP contribution in [0.15, 0.2) is 54.7 Å². The molecule has 1 aliphatic heterocycles. The number of carbonyl (C=O) groups is 1. The highest BCUT2D eigenvalue weighted by Crippen LogP contribution is 2.36. The molecule has 0 aliphatic carbocycles. The van der Waals surface area contributed by atoms with E-state index in [0.717, 1.165) is 22.8 Å². The van der Waals surface area contributed by atoms with Gasteiger partial charge in [0.25, 0.3) is 5.91 Å². The van der Waals surface area contributed by atoms with Gasteiger partial charge in [-0.25, -0.2) is 0 Å². The number of rotatable bonds is 2. The van der Waals surface area contributed by atoms with E-state index in [9.17, 15) is 4.79 Å². The highest BCUT2D eigenvalue weighted by Gasteiger charge is 2.26. The summed E-state index contributed by atoms with van der Waals surface area (Å²) in [6.45, 7) is 0.441. The Morgan fingerprint density at radius 3 is 2.72 bits per heavy atom. The van der Waals surface area contributed by atoms with E-state index in [0.29, 0.717) is 17.9 Å². The molecule has 25 heavy (non-hydrogen) atoms. The number of anilines is 3. The second kappa shape index (κ2) is 6.18. The molecule has 126 valence electrons. The first-order chi connectivity index (χ1) is 12.2. The molecule has 2 heterocycles. The number of nitrogens with zero attached hydrogens (tertiary/aromatic N) is 3. The summed E-state index contributed by atoms with van der Waals surface area (Å²) in [5.41, 5.74) is 3.24. The van der Waals surface area contributed by atoms with Crippen molar-refractivity contribution in [2.75, 3.05) is 10.2 Å². The average molecular weight is 352 g/mol. The van der Waals surface area contributed by atoms with Crippen LogP contribution in [-0.2, 0) is 13.6 Å². The largest absolute Gasteiger partial charge is 0.429 e.